The first-order valence-corrected chi connectivity index (χ1v) is 12.1. The molecule has 2 rings (SSSR count). The van der Waals surface area contributed by atoms with Crippen molar-refractivity contribution in [1.29, 1.82) is 0 Å². The topological polar surface area (TPSA) is 243 Å². The van der Waals surface area contributed by atoms with Gasteiger partial charge in [0.05, 0.1) is 31.0 Å². The Balaban J connectivity index is 2.05. The first kappa shape index (κ1) is 30.7. The highest BCUT2D eigenvalue weighted by Gasteiger charge is 2.44. The lowest BCUT2D eigenvalue weighted by Gasteiger charge is -2.42. The smallest absolute Gasteiger partial charge is 0.218 e. The van der Waals surface area contributed by atoms with Crippen LogP contribution in [0.3, 0.4) is 0 Å². The fourth-order valence-electron chi connectivity index (χ4n) is 4.26. The van der Waals surface area contributed by atoms with Crippen LogP contribution in [-0.2, 0) is 24.0 Å². The molecule has 35 heavy (non-hydrogen) atoms. The van der Waals surface area contributed by atoms with E-state index in [1.807, 2.05) is 0 Å². The molecule has 0 aromatic rings. The maximum atomic E-state index is 10.5. The molecule has 1 saturated heterocycles. The zero-order valence-electron chi connectivity index (χ0n) is 20.5. The van der Waals surface area contributed by atoms with Gasteiger partial charge in [0.1, 0.15) is 18.3 Å². The van der Waals surface area contributed by atoms with Crippen LogP contribution in [0, 0.1) is 0 Å². The highest BCUT2D eigenvalue weighted by atomic mass is 17.2. The lowest BCUT2D eigenvalue weighted by atomic mass is 9.84. The molecule has 12 atom stereocenters. The van der Waals surface area contributed by atoms with Crippen LogP contribution in [-0.4, -0.2) is 121 Å². The van der Waals surface area contributed by atoms with E-state index < -0.39 is 61.2 Å². The molecule has 0 radical (unpaired) electrons. The number of hydrogen-bond acceptors (Lipinski definition) is 14. The molecule has 0 amide bonds. The van der Waals surface area contributed by atoms with Crippen molar-refractivity contribution in [1.82, 2.24) is 5.32 Å². The van der Waals surface area contributed by atoms with Crippen molar-refractivity contribution in [3.05, 3.63) is 0 Å². The lowest BCUT2D eigenvalue weighted by molar-refractivity contribution is -0.464. The SMILES string of the molecule is CO[C@H](C)CC(N)[C@H](OO[C@H]1OC(CO)[C@@H](NCCCN)CC1O)O[C@@H]1C(N)C[C@@H](N)C(O)C1O. The van der Waals surface area contributed by atoms with Gasteiger partial charge in [-0.1, -0.05) is 0 Å². The molecule has 1 saturated carbocycles. The van der Waals surface area contributed by atoms with Crippen LogP contribution in [0.25, 0.3) is 0 Å². The van der Waals surface area contributed by atoms with Crippen molar-refractivity contribution in [2.24, 2.45) is 22.9 Å². The van der Waals surface area contributed by atoms with Crippen molar-refractivity contribution in [3.63, 3.8) is 0 Å². The summed E-state index contributed by atoms with van der Waals surface area (Å²) in [5.41, 5.74) is 23.7. The predicted octanol–water partition coefficient (Wildman–Crippen LogP) is -4.05. The second-order valence-corrected chi connectivity index (χ2v) is 9.38. The van der Waals surface area contributed by atoms with Crippen LogP contribution in [0.2, 0.25) is 0 Å². The Labute approximate surface area is 206 Å². The van der Waals surface area contributed by atoms with Gasteiger partial charge in [-0.15, -0.1) is 0 Å². The van der Waals surface area contributed by atoms with Gasteiger partial charge in [0, 0.05) is 25.2 Å². The lowest BCUT2D eigenvalue weighted by Crippen LogP contribution is -2.63. The van der Waals surface area contributed by atoms with Crippen molar-refractivity contribution in [3.8, 4) is 0 Å². The van der Waals surface area contributed by atoms with E-state index in [1.54, 1.807) is 6.92 Å². The Hall–Kier alpha value is -0.560. The van der Waals surface area contributed by atoms with Crippen LogP contribution >= 0.6 is 0 Å². The average Bonchev–Trinajstić information content (AvgIpc) is 2.83. The number of aliphatic hydroxyl groups is 4. The molecule has 0 aromatic heterocycles. The molecule has 14 nitrogen and oxygen atoms in total. The largest absolute Gasteiger partial charge is 0.394 e. The normalized spacial score (nSPS) is 38.7. The standard InChI is InChI=1S/C21H45N5O9/c1-10(31-2)6-13(25)20(33-19-12(24)7-11(23)17(29)18(19)30)34-35-21-15(28)8-14(16(9-27)32-21)26-5-3-4-22/h10-21,26-30H,3-9,22-25H2,1-2H3/t10-,11-,12?,13?,14+,15?,16?,17?,18?,19-,20+,21-/m1/s1. The Kier molecular flexibility index (Phi) is 13.1. The second-order valence-electron chi connectivity index (χ2n) is 9.38. The van der Waals surface area contributed by atoms with Gasteiger partial charge in [-0.05, 0) is 45.7 Å². The predicted molar refractivity (Wildman–Crippen MR) is 124 cm³/mol. The van der Waals surface area contributed by atoms with Gasteiger partial charge in [-0.3, -0.25) is 0 Å². The molecule has 2 aliphatic rings. The Morgan fingerprint density at radius 2 is 1.83 bits per heavy atom. The summed E-state index contributed by atoms with van der Waals surface area (Å²) in [6, 6.07) is -2.50. The molecule has 0 bridgehead atoms. The average molecular weight is 512 g/mol. The maximum Gasteiger partial charge on any atom is 0.218 e. The molecule has 6 unspecified atom stereocenters. The van der Waals surface area contributed by atoms with E-state index in [0.717, 1.165) is 6.42 Å². The molecule has 0 spiro atoms. The van der Waals surface area contributed by atoms with Crippen molar-refractivity contribution >= 4 is 0 Å². The minimum Gasteiger partial charge on any atom is -0.394 e. The van der Waals surface area contributed by atoms with Crippen LogP contribution in [0.15, 0.2) is 0 Å². The van der Waals surface area contributed by atoms with Gasteiger partial charge in [0.25, 0.3) is 0 Å². The van der Waals surface area contributed by atoms with Gasteiger partial charge in [-0.25, -0.2) is 0 Å². The molecule has 208 valence electrons. The molecule has 1 aliphatic carbocycles. The third-order valence-corrected chi connectivity index (χ3v) is 6.52. The quantitative estimate of drug-likeness (QED) is 0.0466. The number of rotatable bonds is 14. The van der Waals surface area contributed by atoms with Crippen molar-refractivity contribution < 1.29 is 44.4 Å². The Morgan fingerprint density at radius 3 is 2.46 bits per heavy atom. The van der Waals surface area contributed by atoms with Gasteiger partial charge in [0.2, 0.25) is 12.6 Å². The summed E-state index contributed by atoms with van der Waals surface area (Å²) in [5, 5.41) is 44.1. The Bertz CT molecular complexity index is 597. The van der Waals surface area contributed by atoms with Gasteiger partial charge < -0.3 is 62.9 Å². The highest BCUT2D eigenvalue weighted by Crippen LogP contribution is 2.26. The second kappa shape index (κ2) is 15.0. The minimum absolute atomic E-state index is 0.210. The van der Waals surface area contributed by atoms with E-state index >= 15 is 0 Å². The fourth-order valence-corrected chi connectivity index (χ4v) is 4.26. The molecule has 2 fully saturated rings. The van der Waals surface area contributed by atoms with Gasteiger partial charge >= 0.3 is 0 Å². The molecular formula is C21H45N5O9. The molecule has 13 N–H and O–H groups in total. The number of ether oxygens (including phenoxy) is 3. The van der Waals surface area contributed by atoms with E-state index in [2.05, 4.69) is 5.32 Å². The van der Waals surface area contributed by atoms with Crippen LogP contribution in [0.5, 0.6) is 0 Å². The minimum atomic E-state index is -1.37. The number of hydrogen-bond donors (Lipinski definition) is 9. The molecule has 1 aliphatic heterocycles. The van der Waals surface area contributed by atoms with Gasteiger partial charge in [-0.2, -0.15) is 9.78 Å². The maximum absolute atomic E-state index is 10.5. The number of aliphatic hydroxyl groups excluding tert-OH is 4. The van der Waals surface area contributed by atoms with E-state index in [-0.39, 0.29) is 31.6 Å². The zero-order valence-corrected chi connectivity index (χ0v) is 20.5. The van der Waals surface area contributed by atoms with Gasteiger partial charge in [0.15, 0.2) is 0 Å². The fraction of sp³-hybridized carbons (Fsp3) is 1.00. The molecule has 1 heterocycles. The summed E-state index contributed by atoms with van der Waals surface area (Å²) in [5.74, 6) is 0. The highest BCUT2D eigenvalue weighted by molar-refractivity contribution is 4.98. The summed E-state index contributed by atoms with van der Waals surface area (Å²) >= 11 is 0. The third kappa shape index (κ3) is 8.76. The van der Waals surface area contributed by atoms with Crippen LogP contribution < -0.4 is 28.3 Å². The van der Waals surface area contributed by atoms with Crippen molar-refractivity contribution in [2.45, 2.75) is 106 Å². The summed E-state index contributed by atoms with van der Waals surface area (Å²) in [6.45, 7) is 2.62. The van der Waals surface area contributed by atoms with Crippen molar-refractivity contribution in [2.75, 3.05) is 26.8 Å². The van der Waals surface area contributed by atoms with E-state index in [1.165, 1.54) is 7.11 Å². The summed E-state index contributed by atoms with van der Waals surface area (Å²) < 4.78 is 16.8. The zero-order chi connectivity index (χ0) is 26.1. The monoisotopic (exact) mass is 511 g/mol. The number of nitrogens with one attached hydrogen (secondary N) is 1. The van der Waals surface area contributed by atoms with E-state index in [9.17, 15) is 20.4 Å². The molecule has 0 aromatic carbocycles. The molecular weight excluding hydrogens is 466 g/mol. The first-order chi connectivity index (χ1) is 16.6. The summed E-state index contributed by atoms with van der Waals surface area (Å²) in [6.07, 6.45) is -6.66. The van der Waals surface area contributed by atoms with E-state index in [0.29, 0.717) is 19.5 Å². The number of nitrogens with two attached hydrogens (primary N) is 4. The summed E-state index contributed by atoms with van der Waals surface area (Å²) in [7, 11) is 1.53. The van der Waals surface area contributed by atoms with Crippen LogP contribution in [0.1, 0.15) is 32.6 Å². The first-order valence-electron chi connectivity index (χ1n) is 12.1. The summed E-state index contributed by atoms with van der Waals surface area (Å²) in [4.78, 5) is 10.8. The molecule has 14 heteroatoms. The Morgan fingerprint density at radius 1 is 1.11 bits per heavy atom. The van der Waals surface area contributed by atoms with E-state index in [4.69, 9.17) is 46.9 Å². The third-order valence-electron chi connectivity index (χ3n) is 6.52. The number of methoxy groups -OCH3 is 1. The van der Waals surface area contributed by atoms with Crippen LogP contribution in [0.4, 0.5) is 0 Å².